The Morgan fingerprint density at radius 3 is 2.60 bits per heavy atom. The number of hydrogen-bond donors (Lipinski definition) is 0. The summed E-state index contributed by atoms with van der Waals surface area (Å²) in [6.07, 6.45) is 8.83. The summed E-state index contributed by atoms with van der Waals surface area (Å²) in [4.78, 5) is 12.2. The fourth-order valence-corrected chi connectivity index (χ4v) is 6.14. The van der Waals surface area contributed by atoms with Gasteiger partial charge in [-0.1, -0.05) is 43.3 Å². The van der Waals surface area contributed by atoms with Crippen LogP contribution in [-0.4, -0.2) is 25.8 Å². The molecule has 1 saturated carbocycles. The zero-order chi connectivity index (χ0) is 21.2. The number of methoxy groups -OCH3 is 2. The second kappa shape index (κ2) is 8.55. The molecule has 0 aromatic heterocycles. The van der Waals surface area contributed by atoms with Crippen molar-refractivity contribution in [2.75, 3.05) is 14.2 Å². The molecule has 0 bridgehead atoms. The third-order valence-electron chi connectivity index (χ3n) is 7.93. The number of rotatable bonds is 5. The maximum absolute atomic E-state index is 12.2. The molecule has 30 heavy (non-hydrogen) atoms. The first kappa shape index (κ1) is 21.1. The standard InChI is InChI=1S/C27H34O3/c1-4-26(30-3)15-16-27(18-20-9-6-5-7-10-20)23(19-26)12-8-11-21-17-22(25(28)29-2)13-14-24(21)27/h5-7,9-10,13-14,17,23H,4,8,11-12,15-16,18-19H2,1-3H3. The molecule has 2 aromatic carbocycles. The molecule has 2 aliphatic carbocycles. The second-order valence-corrected chi connectivity index (χ2v) is 9.22. The molecule has 0 heterocycles. The molecule has 3 heteroatoms. The summed E-state index contributed by atoms with van der Waals surface area (Å²) in [7, 11) is 3.35. The van der Waals surface area contributed by atoms with E-state index in [0.29, 0.717) is 11.5 Å². The lowest BCUT2D eigenvalue weighted by Gasteiger charge is -2.51. The average molecular weight is 407 g/mol. The lowest BCUT2D eigenvalue weighted by molar-refractivity contribution is -0.0804. The Bertz CT molecular complexity index is 884. The maximum Gasteiger partial charge on any atom is 0.337 e. The normalized spacial score (nSPS) is 28.2. The van der Waals surface area contributed by atoms with Gasteiger partial charge >= 0.3 is 5.97 Å². The van der Waals surface area contributed by atoms with Crippen LogP contribution in [-0.2, 0) is 27.7 Å². The summed E-state index contributed by atoms with van der Waals surface area (Å²) in [5.74, 6) is 0.334. The number of carbonyl (C=O) groups excluding carboxylic acids is 1. The summed E-state index contributed by atoms with van der Waals surface area (Å²) in [6, 6.07) is 17.2. The van der Waals surface area contributed by atoms with E-state index in [0.717, 1.165) is 44.9 Å². The fourth-order valence-electron chi connectivity index (χ4n) is 6.14. The van der Waals surface area contributed by atoms with Crippen molar-refractivity contribution >= 4 is 5.97 Å². The first-order valence-electron chi connectivity index (χ1n) is 11.4. The predicted octanol–water partition coefficient (Wildman–Crippen LogP) is 5.89. The monoisotopic (exact) mass is 406 g/mol. The molecular weight excluding hydrogens is 372 g/mol. The van der Waals surface area contributed by atoms with Crippen LogP contribution in [0.4, 0.5) is 0 Å². The van der Waals surface area contributed by atoms with E-state index in [4.69, 9.17) is 9.47 Å². The summed E-state index contributed by atoms with van der Waals surface area (Å²) in [5, 5.41) is 0. The first-order valence-corrected chi connectivity index (χ1v) is 11.4. The summed E-state index contributed by atoms with van der Waals surface area (Å²) >= 11 is 0. The third-order valence-corrected chi connectivity index (χ3v) is 7.93. The molecule has 2 aliphatic rings. The van der Waals surface area contributed by atoms with Gasteiger partial charge in [-0.05, 0) is 86.1 Å². The zero-order valence-corrected chi connectivity index (χ0v) is 18.6. The van der Waals surface area contributed by atoms with Crippen LogP contribution in [0.25, 0.3) is 0 Å². The van der Waals surface area contributed by atoms with Gasteiger partial charge in [0, 0.05) is 12.5 Å². The third kappa shape index (κ3) is 3.69. The van der Waals surface area contributed by atoms with Crippen LogP contribution >= 0.6 is 0 Å². The van der Waals surface area contributed by atoms with Gasteiger partial charge in [-0.3, -0.25) is 0 Å². The number of carbonyl (C=O) groups is 1. The fraction of sp³-hybridized carbons (Fsp3) is 0.519. The summed E-state index contributed by atoms with van der Waals surface area (Å²) in [6.45, 7) is 2.26. The number of hydrogen-bond acceptors (Lipinski definition) is 3. The minimum absolute atomic E-state index is 0.00130. The number of fused-ring (bicyclic) bond motifs is 3. The highest BCUT2D eigenvalue weighted by molar-refractivity contribution is 5.89. The average Bonchev–Trinajstić information content (AvgIpc) is 2.95. The van der Waals surface area contributed by atoms with Crippen LogP contribution in [0.3, 0.4) is 0 Å². The van der Waals surface area contributed by atoms with Gasteiger partial charge in [0.15, 0.2) is 0 Å². The molecule has 0 amide bonds. The van der Waals surface area contributed by atoms with Crippen molar-refractivity contribution in [1.82, 2.24) is 0 Å². The Hall–Kier alpha value is -2.13. The van der Waals surface area contributed by atoms with Crippen LogP contribution in [0.2, 0.25) is 0 Å². The lowest BCUT2D eigenvalue weighted by atomic mass is 9.55. The first-order chi connectivity index (χ1) is 14.6. The Kier molecular flexibility index (Phi) is 6.02. The van der Waals surface area contributed by atoms with Crippen molar-refractivity contribution in [1.29, 1.82) is 0 Å². The molecule has 0 aliphatic heterocycles. The minimum atomic E-state index is -0.247. The van der Waals surface area contributed by atoms with Gasteiger partial charge in [0.1, 0.15) is 0 Å². The number of ether oxygens (including phenoxy) is 2. The van der Waals surface area contributed by atoms with Crippen LogP contribution < -0.4 is 0 Å². The van der Waals surface area contributed by atoms with Gasteiger partial charge in [0.05, 0.1) is 18.3 Å². The molecule has 4 rings (SSSR count). The molecule has 3 nitrogen and oxygen atoms in total. The minimum Gasteiger partial charge on any atom is -0.465 e. The van der Waals surface area contributed by atoms with Crippen LogP contribution in [0.1, 0.15) is 72.5 Å². The van der Waals surface area contributed by atoms with E-state index in [1.165, 1.54) is 30.2 Å². The summed E-state index contributed by atoms with van der Waals surface area (Å²) < 4.78 is 11.1. The van der Waals surface area contributed by atoms with E-state index in [-0.39, 0.29) is 17.0 Å². The molecule has 0 N–H and O–H groups in total. The van der Waals surface area contributed by atoms with Crippen molar-refractivity contribution < 1.29 is 14.3 Å². The van der Waals surface area contributed by atoms with Gasteiger partial charge in [-0.2, -0.15) is 0 Å². The molecular formula is C27H34O3. The number of benzene rings is 2. The number of esters is 1. The molecule has 0 saturated heterocycles. The SMILES string of the molecule is CCC1(OC)CCC2(Cc3ccccc3)c3ccc(C(=O)OC)cc3CCCC2C1. The van der Waals surface area contributed by atoms with Crippen LogP contribution in [0, 0.1) is 5.92 Å². The predicted molar refractivity (Wildman–Crippen MR) is 120 cm³/mol. The van der Waals surface area contributed by atoms with Crippen molar-refractivity contribution in [2.45, 2.75) is 69.3 Å². The van der Waals surface area contributed by atoms with Gasteiger partial charge in [-0.25, -0.2) is 4.79 Å². The quantitative estimate of drug-likeness (QED) is 0.581. The number of aryl methyl sites for hydroxylation is 1. The van der Waals surface area contributed by atoms with Crippen LogP contribution in [0.5, 0.6) is 0 Å². The Morgan fingerprint density at radius 1 is 1.10 bits per heavy atom. The topological polar surface area (TPSA) is 35.5 Å². The molecule has 0 spiro atoms. The van der Waals surface area contributed by atoms with Gasteiger partial charge < -0.3 is 9.47 Å². The molecule has 160 valence electrons. The van der Waals surface area contributed by atoms with Gasteiger partial charge in [0.2, 0.25) is 0 Å². The van der Waals surface area contributed by atoms with E-state index in [9.17, 15) is 4.79 Å². The molecule has 0 radical (unpaired) electrons. The van der Waals surface area contributed by atoms with E-state index < -0.39 is 0 Å². The molecule has 3 unspecified atom stereocenters. The van der Waals surface area contributed by atoms with Crippen molar-refractivity contribution in [2.24, 2.45) is 5.92 Å². The van der Waals surface area contributed by atoms with Gasteiger partial charge in [-0.15, -0.1) is 0 Å². The maximum atomic E-state index is 12.2. The molecule has 1 fully saturated rings. The van der Waals surface area contributed by atoms with Crippen molar-refractivity contribution in [3.8, 4) is 0 Å². The lowest BCUT2D eigenvalue weighted by Crippen LogP contribution is -2.49. The second-order valence-electron chi connectivity index (χ2n) is 9.22. The van der Waals surface area contributed by atoms with Crippen LogP contribution in [0.15, 0.2) is 48.5 Å². The Balaban J connectivity index is 1.82. The molecule has 2 aromatic rings. The van der Waals surface area contributed by atoms with E-state index in [2.05, 4.69) is 49.4 Å². The van der Waals surface area contributed by atoms with Crippen molar-refractivity contribution in [3.05, 3.63) is 70.8 Å². The Labute approximate surface area is 180 Å². The van der Waals surface area contributed by atoms with Crippen molar-refractivity contribution in [3.63, 3.8) is 0 Å². The zero-order valence-electron chi connectivity index (χ0n) is 18.6. The van der Waals surface area contributed by atoms with E-state index in [1.807, 2.05) is 13.2 Å². The van der Waals surface area contributed by atoms with E-state index in [1.54, 1.807) is 0 Å². The Morgan fingerprint density at radius 2 is 1.90 bits per heavy atom. The highest BCUT2D eigenvalue weighted by atomic mass is 16.5. The molecule has 3 atom stereocenters. The smallest absolute Gasteiger partial charge is 0.337 e. The highest BCUT2D eigenvalue weighted by Gasteiger charge is 2.50. The highest BCUT2D eigenvalue weighted by Crippen LogP contribution is 2.54. The van der Waals surface area contributed by atoms with Gasteiger partial charge in [0.25, 0.3) is 0 Å². The largest absolute Gasteiger partial charge is 0.465 e. The summed E-state index contributed by atoms with van der Waals surface area (Å²) in [5.41, 5.74) is 4.94. The van der Waals surface area contributed by atoms with E-state index >= 15 is 0 Å².